The Bertz CT molecular complexity index is 752. The van der Waals surface area contributed by atoms with Gasteiger partial charge in [-0.1, -0.05) is 12.1 Å². The highest BCUT2D eigenvalue weighted by Gasteiger charge is 2.19. The molecule has 20 heavy (non-hydrogen) atoms. The van der Waals surface area contributed by atoms with E-state index >= 15 is 0 Å². The summed E-state index contributed by atoms with van der Waals surface area (Å²) in [7, 11) is -3.62. The van der Waals surface area contributed by atoms with Gasteiger partial charge in [-0.05, 0) is 62.1 Å². The topological polar surface area (TPSA) is 59.1 Å². The summed E-state index contributed by atoms with van der Waals surface area (Å²) in [6.45, 7) is 7.49. The van der Waals surface area contributed by atoms with E-state index < -0.39 is 10.0 Å². The quantitative estimate of drug-likeness (QED) is 0.945. The molecule has 106 valence electrons. The van der Waals surface area contributed by atoms with Crippen molar-refractivity contribution >= 4 is 15.8 Å². The first-order chi connectivity index (χ1) is 9.31. The molecule has 0 aliphatic rings. The Hall–Kier alpha value is -1.88. The van der Waals surface area contributed by atoms with Crippen LogP contribution in [-0.4, -0.2) is 13.4 Å². The third-order valence-corrected chi connectivity index (χ3v) is 4.80. The zero-order valence-electron chi connectivity index (χ0n) is 12.1. The second-order valence-corrected chi connectivity index (χ2v) is 6.63. The lowest BCUT2D eigenvalue weighted by Crippen LogP contribution is -2.16. The number of pyridine rings is 1. The molecule has 0 saturated heterocycles. The Kier molecular flexibility index (Phi) is 3.81. The van der Waals surface area contributed by atoms with Gasteiger partial charge in [-0.2, -0.15) is 0 Å². The van der Waals surface area contributed by atoms with Crippen LogP contribution in [-0.2, 0) is 10.0 Å². The molecule has 0 spiro atoms. The minimum Gasteiger partial charge on any atom is -0.263 e. The van der Waals surface area contributed by atoms with Gasteiger partial charge >= 0.3 is 0 Å². The third kappa shape index (κ3) is 2.82. The summed E-state index contributed by atoms with van der Waals surface area (Å²) in [5.41, 5.74) is 3.55. The standard InChI is InChI=1S/C15H18N2O2S/c1-10-6-5-7-16-15(10)17-20(18,19)14-9-12(3)11(2)8-13(14)4/h5-9H,1-4H3,(H,16,17). The number of hydrogen-bond donors (Lipinski definition) is 1. The van der Waals surface area contributed by atoms with Crippen molar-refractivity contribution in [3.8, 4) is 0 Å². The molecule has 0 bridgehead atoms. The predicted molar refractivity (Wildman–Crippen MR) is 80.4 cm³/mol. The Balaban J connectivity index is 2.47. The molecule has 0 fully saturated rings. The van der Waals surface area contributed by atoms with E-state index in [1.54, 1.807) is 25.3 Å². The van der Waals surface area contributed by atoms with E-state index in [-0.39, 0.29) is 0 Å². The average molecular weight is 290 g/mol. The SMILES string of the molecule is Cc1cc(C)c(S(=O)(=O)Nc2ncccc2C)cc1C. The smallest absolute Gasteiger partial charge is 0.263 e. The lowest BCUT2D eigenvalue weighted by Gasteiger charge is -2.13. The summed E-state index contributed by atoms with van der Waals surface area (Å²) < 4.78 is 27.5. The molecular weight excluding hydrogens is 272 g/mol. The van der Waals surface area contributed by atoms with E-state index in [1.165, 1.54) is 0 Å². The van der Waals surface area contributed by atoms with Gasteiger partial charge in [0.15, 0.2) is 0 Å². The molecule has 2 rings (SSSR count). The van der Waals surface area contributed by atoms with Crippen molar-refractivity contribution in [2.45, 2.75) is 32.6 Å². The predicted octanol–water partition coefficient (Wildman–Crippen LogP) is 3.12. The van der Waals surface area contributed by atoms with Gasteiger partial charge in [0.05, 0.1) is 4.90 Å². The molecule has 1 aromatic carbocycles. The largest absolute Gasteiger partial charge is 0.263 e. The third-order valence-electron chi connectivity index (χ3n) is 3.32. The van der Waals surface area contributed by atoms with E-state index in [0.717, 1.165) is 22.3 Å². The second-order valence-electron chi connectivity index (χ2n) is 4.98. The number of nitrogens with zero attached hydrogens (tertiary/aromatic N) is 1. The fourth-order valence-corrected chi connectivity index (χ4v) is 3.39. The molecule has 1 N–H and O–H groups in total. The number of hydrogen-bond acceptors (Lipinski definition) is 3. The molecular formula is C15H18N2O2S. The maximum Gasteiger partial charge on any atom is 0.263 e. The normalized spacial score (nSPS) is 11.4. The fourth-order valence-electron chi connectivity index (χ4n) is 2.00. The van der Waals surface area contributed by atoms with Crippen molar-refractivity contribution in [1.82, 2.24) is 4.98 Å². The van der Waals surface area contributed by atoms with Gasteiger partial charge in [-0.3, -0.25) is 4.72 Å². The van der Waals surface area contributed by atoms with Crippen LogP contribution in [0.15, 0.2) is 35.4 Å². The molecule has 0 unspecified atom stereocenters. The van der Waals surface area contributed by atoms with Crippen LogP contribution < -0.4 is 4.72 Å². The van der Waals surface area contributed by atoms with Gasteiger partial charge in [0.1, 0.15) is 5.82 Å². The highest BCUT2D eigenvalue weighted by atomic mass is 32.2. The van der Waals surface area contributed by atoms with Gasteiger partial charge in [0.25, 0.3) is 10.0 Å². The minimum absolute atomic E-state index is 0.297. The van der Waals surface area contributed by atoms with Crippen molar-refractivity contribution in [2.75, 3.05) is 4.72 Å². The molecule has 0 aliphatic carbocycles. The van der Waals surface area contributed by atoms with Crippen LogP contribution in [0.5, 0.6) is 0 Å². The number of benzene rings is 1. The van der Waals surface area contributed by atoms with Gasteiger partial charge in [0.2, 0.25) is 0 Å². The number of nitrogens with one attached hydrogen (secondary N) is 1. The number of sulfonamides is 1. The Morgan fingerprint density at radius 2 is 1.60 bits per heavy atom. The molecule has 5 heteroatoms. The van der Waals surface area contributed by atoms with E-state index in [4.69, 9.17) is 0 Å². The fraction of sp³-hybridized carbons (Fsp3) is 0.267. The first-order valence-corrected chi connectivity index (χ1v) is 7.82. The Labute approximate surface area is 119 Å². The second kappa shape index (κ2) is 5.25. The zero-order chi connectivity index (χ0) is 14.9. The maximum absolute atomic E-state index is 12.5. The van der Waals surface area contributed by atoms with Crippen molar-refractivity contribution in [1.29, 1.82) is 0 Å². The summed E-state index contributed by atoms with van der Waals surface area (Å²) >= 11 is 0. The van der Waals surface area contributed by atoms with Gasteiger partial charge < -0.3 is 0 Å². The maximum atomic E-state index is 12.5. The lowest BCUT2D eigenvalue weighted by atomic mass is 10.1. The zero-order valence-corrected chi connectivity index (χ0v) is 12.9. The van der Waals surface area contributed by atoms with Crippen molar-refractivity contribution in [3.05, 3.63) is 52.7 Å². The summed E-state index contributed by atoms with van der Waals surface area (Å²) in [6.07, 6.45) is 1.57. The van der Waals surface area contributed by atoms with E-state index in [2.05, 4.69) is 9.71 Å². The lowest BCUT2D eigenvalue weighted by molar-refractivity contribution is 0.600. The van der Waals surface area contributed by atoms with E-state index in [0.29, 0.717) is 10.7 Å². The van der Waals surface area contributed by atoms with Crippen LogP contribution in [0.2, 0.25) is 0 Å². The van der Waals surface area contributed by atoms with Crippen LogP contribution in [0, 0.1) is 27.7 Å². The molecule has 2 aromatic rings. The number of aryl methyl sites for hydroxylation is 4. The van der Waals surface area contributed by atoms with Crippen LogP contribution in [0.4, 0.5) is 5.82 Å². The van der Waals surface area contributed by atoms with Crippen LogP contribution in [0.1, 0.15) is 22.3 Å². The van der Waals surface area contributed by atoms with Crippen LogP contribution in [0.25, 0.3) is 0 Å². The molecule has 4 nitrogen and oxygen atoms in total. The summed E-state index contributed by atoms with van der Waals surface area (Å²) in [4.78, 5) is 4.37. The van der Waals surface area contributed by atoms with Crippen molar-refractivity contribution in [3.63, 3.8) is 0 Å². The highest BCUT2D eigenvalue weighted by Crippen LogP contribution is 2.23. The summed E-state index contributed by atoms with van der Waals surface area (Å²) in [5.74, 6) is 0.366. The molecule has 1 heterocycles. The van der Waals surface area contributed by atoms with Gasteiger partial charge in [-0.15, -0.1) is 0 Å². The van der Waals surface area contributed by atoms with Gasteiger partial charge in [-0.25, -0.2) is 13.4 Å². The first kappa shape index (κ1) is 14.5. The molecule has 0 aliphatic heterocycles. The van der Waals surface area contributed by atoms with Gasteiger partial charge in [0, 0.05) is 6.20 Å². The van der Waals surface area contributed by atoms with Crippen LogP contribution >= 0.6 is 0 Å². The summed E-state index contributed by atoms with van der Waals surface area (Å²) in [5, 5.41) is 0. The van der Waals surface area contributed by atoms with E-state index in [1.807, 2.05) is 32.9 Å². The molecule has 0 amide bonds. The minimum atomic E-state index is -3.62. The highest BCUT2D eigenvalue weighted by molar-refractivity contribution is 7.92. The Morgan fingerprint density at radius 3 is 2.25 bits per heavy atom. The van der Waals surface area contributed by atoms with Crippen LogP contribution in [0.3, 0.4) is 0 Å². The molecule has 0 radical (unpaired) electrons. The summed E-state index contributed by atoms with van der Waals surface area (Å²) in [6, 6.07) is 7.17. The number of anilines is 1. The van der Waals surface area contributed by atoms with Crippen molar-refractivity contribution in [2.24, 2.45) is 0 Å². The first-order valence-electron chi connectivity index (χ1n) is 6.33. The average Bonchev–Trinajstić information content (AvgIpc) is 2.36. The van der Waals surface area contributed by atoms with E-state index in [9.17, 15) is 8.42 Å². The Morgan fingerprint density at radius 1 is 0.950 bits per heavy atom. The molecule has 0 atom stereocenters. The molecule has 1 aromatic heterocycles. The van der Waals surface area contributed by atoms with Crippen molar-refractivity contribution < 1.29 is 8.42 Å². The number of rotatable bonds is 3. The monoisotopic (exact) mass is 290 g/mol. The number of aromatic nitrogens is 1. The molecule has 0 saturated carbocycles.